The number of ketones is 1. The number of benzene rings is 2. The van der Waals surface area contributed by atoms with Crippen LogP contribution in [0.4, 0.5) is 0 Å². The molecule has 152 valence electrons. The summed E-state index contributed by atoms with van der Waals surface area (Å²) in [6.07, 6.45) is 0.756. The number of hydrogen-bond acceptors (Lipinski definition) is 5. The average molecular weight is 474 g/mol. The topological polar surface area (TPSA) is 57.0 Å². The molecule has 5 nitrogen and oxygen atoms in total. The molecule has 1 atom stereocenters. The van der Waals surface area contributed by atoms with Crippen LogP contribution in [0.2, 0.25) is 0 Å². The van der Waals surface area contributed by atoms with Crippen LogP contribution in [0.3, 0.4) is 0 Å². The highest BCUT2D eigenvalue weighted by Crippen LogP contribution is 2.25. The molecule has 0 aliphatic carbocycles. The fourth-order valence-corrected chi connectivity index (χ4v) is 4.08. The van der Waals surface area contributed by atoms with Gasteiger partial charge in [-0.25, -0.2) is 0 Å². The molecule has 2 aromatic carbocycles. The molecule has 0 amide bonds. The van der Waals surface area contributed by atoms with Gasteiger partial charge in [-0.3, -0.25) is 4.79 Å². The van der Waals surface area contributed by atoms with Crippen molar-refractivity contribution in [2.75, 3.05) is 5.75 Å². The second-order valence-electron chi connectivity index (χ2n) is 6.56. The van der Waals surface area contributed by atoms with Crippen LogP contribution in [0, 0.1) is 0 Å². The fraction of sp³-hybridized carbons (Fsp3) is 0.318. The predicted octanol–water partition coefficient (Wildman–Crippen LogP) is 5.74. The van der Waals surface area contributed by atoms with Crippen molar-refractivity contribution in [1.29, 1.82) is 0 Å². The summed E-state index contributed by atoms with van der Waals surface area (Å²) in [5.74, 6) is 1.94. The first-order valence-electron chi connectivity index (χ1n) is 9.62. The maximum atomic E-state index is 12.4. The first-order valence-corrected chi connectivity index (χ1v) is 11.4. The van der Waals surface area contributed by atoms with E-state index in [1.165, 1.54) is 17.3 Å². The molecule has 0 fully saturated rings. The lowest BCUT2D eigenvalue weighted by molar-refractivity contribution is 0.102. The number of rotatable bonds is 9. The van der Waals surface area contributed by atoms with E-state index in [1.54, 1.807) is 0 Å². The summed E-state index contributed by atoms with van der Waals surface area (Å²) in [4.78, 5) is 12.4. The van der Waals surface area contributed by atoms with Crippen LogP contribution in [-0.2, 0) is 13.0 Å². The van der Waals surface area contributed by atoms with Crippen molar-refractivity contribution in [3.8, 4) is 5.75 Å². The zero-order chi connectivity index (χ0) is 20.8. The number of aryl methyl sites for hydroxylation is 1. The van der Waals surface area contributed by atoms with Crippen molar-refractivity contribution in [3.05, 3.63) is 70.0 Å². The molecule has 0 unspecified atom stereocenters. The Morgan fingerprint density at radius 3 is 2.41 bits per heavy atom. The standard InChI is InChI=1S/C22H24BrN3O2S/c1-4-16-6-12-19(13-7-16)28-15(3)21-24-25-22(26(21)5-2)29-14-20(27)17-8-10-18(23)11-9-17/h6-13,15H,4-5,14H2,1-3H3/t15-/m0/s1. The van der Waals surface area contributed by atoms with E-state index in [0.717, 1.165) is 27.6 Å². The molecular weight excluding hydrogens is 450 g/mol. The van der Waals surface area contributed by atoms with E-state index >= 15 is 0 Å². The highest BCUT2D eigenvalue weighted by molar-refractivity contribution is 9.10. The summed E-state index contributed by atoms with van der Waals surface area (Å²) < 4.78 is 9.02. The zero-order valence-electron chi connectivity index (χ0n) is 16.8. The van der Waals surface area contributed by atoms with E-state index < -0.39 is 0 Å². The van der Waals surface area contributed by atoms with Gasteiger partial charge >= 0.3 is 0 Å². The van der Waals surface area contributed by atoms with E-state index in [2.05, 4.69) is 45.2 Å². The Bertz CT molecular complexity index is 955. The van der Waals surface area contributed by atoms with Gasteiger partial charge in [0.05, 0.1) is 5.75 Å². The van der Waals surface area contributed by atoms with E-state index in [1.807, 2.05) is 54.8 Å². The predicted molar refractivity (Wildman–Crippen MR) is 120 cm³/mol. The minimum atomic E-state index is -0.244. The van der Waals surface area contributed by atoms with Gasteiger partial charge < -0.3 is 9.30 Å². The van der Waals surface area contributed by atoms with Crippen LogP contribution >= 0.6 is 27.7 Å². The Balaban J connectivity index is 1.67. The Hall–Kier alpha value is -2.12. The third-order valence-corrected chi connectivity index (χ3v) is 6.06. The van der Waals surface area contributed by atoms with Crippen molar-refractivity contribution < 1.29 is 9.53 Å². The zero-order valence-corrected chi connectivity index (χ0v) is 19.2. The summed E-state index contributed by atoms with van der Waals surface area (Å²) in [6.45, 7) is 6.84. The number of ether oxygens (including phenoxy) is 1. The lowest BCUT2D eigenvalue weighted by Gasteiger charge is -2.15. The van der Waals surface area contributed by atoms with Crippen LogP contribution in [0.5, 0.6) is 5.75 Å². The number of carbonyl (C=O) groups excluding carboxylic acids is 1. The molecule has 0 saturated heterocycles. The number of halogens is 1. The van der Waals surface area contributed by atoms with Gasteiger partial charge in [-0.2, -0.15) is 0 Å². The van der Waals surface area contributed by atoms with Crippen LogP contribution in [-0.4, -0.2) is 26.3 Å². The monoisotopic (exact) mass is 473 g/mol. The van der Waals surface area contributed by atoms with Crippen molar-refractivity contribution in [2.45, 2.75) is 45.0 Å². The van der Waals surface area contributed by atoms with Gasteiger partial charge in [-0.05, 0) is 50.1 Å². The molecule has 7 heteroatoms. The first-order chi connectivity index (χ1) is 14.0. The quantitative estimate of drug-likeness (QED) is 0.293. The van der Waals surface area contributed by atoms with Gasteiger partial charge in [0.15, 0.2) is 22.9 Å². The Morgan fingerprint density at radius 1 is 1.10 bits per heavy atom. The Labute approximate surface area is 184 Å². The summed E-state index contributed by atoms with van der Waals surface area (Å²) in [6, 6.07) is 15.5. The molecule has 0 aliphatic heterocycles. The summed E-state index contributed by atoms with van der Waals surface area (Å²) in [7, 11) is 0. The second kappa shape index (κ2) is 10.1. The molecule has 0 aliphatic rings. The Kier molecular flexibility index (Phi) is 7.50. The molecule has 0 spiro atoms. The van der Waals surface area contributed by atoms with E-state index in [0.29, 0.717) is 17.9 Å². The number of aromatic nitrogens is 3. The average Bonchev–Trinajstić information content (AvgIpc) is 3.16. The second-order valence-corrected chi connectivity index (χ2v) is 8.42. The highest BCUT2D eigenvalue weighted by atomic mass is 79.9. The minimum Gasteiger partial charge on any atom is -0.483 e. The van der Waals surface area contributed by atoms with Crippen LogP contribution in [0.15, 0.2) is 58.2 Å². The van der Waals surface area contributed by atoms with Crippen molar-refractivity contribution >= 4 is 33.5 Å². The van der Waals surface area contributed by atoms with Gasteiger partial charge in [0.25, 0.3) is 0 Å². The summed E-state index contributed by atoms with van der Waals surface area (Å²) in [5.41, 5.74) is 1.96. The maximum Gasteiger partial charge on any atom is 0.191 e. The minimum absolute atomic E-state index is 0.0648. The first kappa shape index (κ1) is 21.6. The lowest BCUT2D eigenvalue weighted by atomic mass is 10.2. The number of carbonyl (C=O) groups is 1. The summed E-state index contributed by atoms with van der Waals surface area (Å²) >= 11 is 4.79. The molecule has 0 N–H and O–H groups in total. The highest BCUT2D eigenvalue weighted by Gasteiger charge is 2.19. The summed E-state index contributed by atoms with van der Waals surface area (Å²) in [5, 5.41) is 9.35. The van der Waals surface area contributed by atoms with Crippen LogP contribution in [0.25, 0.3) is 0 Å². The van der Waals surface area contributed by atoms with Crippen LogP contribution in [0.1, 0.15) is 48.6 Å². The van der Waals surface area contributed by atoms with E-state index in [9.17, 15) is 4.79 Å². The van der Waals surface area contributed by atoms with E-state index in [4.69, 9.17) is 4.74 Å². The molecule has 3 rings (SSSR count). The molecule has 1 heterocycles. The number of Topliss-reactive ketones (excluding diaryl/α,β-unsaturated/α-hetero) is 1. The third-order valence-electron chi connectivity index (χ3n) is 4.57. The molecule has 0 bridgehead atoms. The smallest absolute Gasteiger partial charge is 0.191 e. The molecular formula is C22H24BrN3O2S. The number of hydrogen-bond donors (Lipinski definition) is 0. The van der Waals surface area contributed by atoms with Gasteiger partial charge in [-0.1, -0.05) is 58.9 Å². The van der Waals surface area contributed by atoms with Crippen molar-refractivity contribution in [3.63, 3.8) is 0 Å². The number of nitrogens with zero attached hydrogens (tertiary/aromatic N) is 3. The Morgan fingerprint density at radius 2 is 1.79 bits per heavy atom. The molecule has 0 saturated carbocycles. The normalized spacial score (nSPS) is 12.0. The number of thioether (sulfide) groups is 1. The molecule has 1 aromatic heterocycles. The van der Waals surface area contributed by atoms with Gasteiger partial charge in [0.2, 0.25) is 0 Å². The lowest BCUT2D eigenvalue weighted by Crippen LogP contribution is -2.12. The van der Waals surface area contributed by atoms with Crippen LogP contribution < -0.4 is 4.74 Å². The fourth-order valence-electron chi connectivity index (χ4n) is 2.91. The van der Waals surface area contributed by atoms with Crippen molar-refractivity contribution in [2.24, 2.45) is 0 Å². The molecule has 0 radical (unpaired) electrons. The largest absolute Gasteiger partial charge is 0.483 e. The molecule has 29 heavy (non-hydrogen) atoms. The molecule has 3 aromatic rings. The SMILES string of the molecule is CCc1ccc(O[C@@H](C)c2nnc(SCC(=O)c3ccc(Br)cc3)n2CC)cc1. The maximum absolute atomic E-state index is 12.4. The van der Waals surface area contributed by atoms with Gasteiger partial charge in [-0.15, -0.1) is 10.2 Å². The third kappa shape index (κ3) is 5.48. The van der Waals surface area contributed by atoms with Gasteiger partial charge in [0, 0.05) is 16.6 Å². The van der Waals surface area contributed by atoms with E-state index in [-0.39, 0.29) is 11.9 Å². The van der Waals surface area contributed by atoms with Gasteiger partial charge in [0.1, 0.15) is 5.75 Å². The van der Waals surface area contributed by atoms with Crippen molar-refractivity contribution in [1.82, 2.24) is 14.8 Å².